The van der Waals surface area contributed by atoms with Gasteiger partial charge >= 0.3 is 0 Å². The van der Waals surface area contributed by atoms with Crippen molar-refractivity contribution in [3.05, 3.63) is 42.2 Å². The average Bonchev–Trinajstić information content (AvgIpc) is 3.22. The fourth-order valence-corrected chi connectivity index (χ4v) is 5.48. The molecule has 3 heterocycles. The lowest BCUT2D eigenvalue weighted by Crippen LogP contribution is -2.57. The Balaban J connectivity index is 0.00000182. The summed E-state index contributed by atoms with van der Waals surface area (Å²) in [6, 6.07) is 8.08. The first-order valence-electron chi connectivity index (χ1n) is 7.81. The smallest absolute Gasteiger partial charge is 0.276 e. The molecule has 2 unspecified atom stereocenters. The minimum absolute atomic E-state index is 0. The number of fused-ring (bicyclic) bond motifs is 2. The molecule has 0 radical (unpaired) electrons. The molecule has 2 atom stereocenters. The van der Waals surface area contributed by atoms with Gasteiger partial charge in [-0.2, -0.15) is 19.7 Å². The quantitative estimate of drug-likeness (QED) is 0.880. The summed E-state index contributed by atoms with van der Waals surface area (Å²) in [6.07, 6.45) is 2.91. The fourth-order valence-electron chi connectivity index (χ4n) is 3.60. The van der Waals surface area contributed by atoms with E-state index in [4.69, 9.17) is 0 Å². The highest BCUT2D eigenvalue weighted by atomic mass is 32.2. The zero-order valence-corrected chi connectivity index (χ0v) is 13.7. The van der Waals surface area contributed by atoms with Crippen LogP contribution in [0.5, 0.6) is 0 Å². The second-order valence-electron chi connectivity index (χ2n) is 6.10. The monoisotopic (exact) mass is 349 g/mol. The molecule has 2 fully saturated rings. The molecule has 1 aromatic carbocycles. The van der Waals surface area contributed by atoms with E-state index in [0.717, 1.165) is 12.8 Å². The summed E-state index contributed by atoms with van der Waals surface area (Å²) >= 11 is 0. The summed E-state index contributed by atoms with van der Waals surface area (Å²) in [7, 11) is -3.54. The molecule has 1 N–H and O–H groups in total. The molecule has 8 nitrogen and oxygen atoms in total. The second-order valence-corrected chi connectivity index (χ2v) is 7.94. The van der Waals surface area contributed by atoms with Gasteiger partial charge in [-0.1, -0.05) is 18.2 Å². The lowest BCUT2D eigenvalue weighted by Gasteiger charge is -2.39. The number of carbonyl (C=O) groups excluding carboxylic acids is 1. The Bertz CT molecular complexity index is 829. The second kappa shape index (κ2) is 5.67. The molecule has 1 aromatic heterocycles. The summed E-state index contributed by atoms with van der Waals surface area (Å²) in [6.45, 7) is 0.766. The summed E-state index contributed by atoms with van der Waals surface area (Å²) < 4.78 is 27.5. The normalized spacial score (nSPS) is 24.2. The van der Waals surface area contributed by atoms with Crippen molar-refractivity contribution in [3.63, 3.8) is 0 Å². The molecule has 2 aromatic rings. The number of hydrogen-bond donors (Lipinski definition) is 1. The van der Waals surface area contributed by atoms with Crippen LogP contribution in [0.1, 0.15) is 24.8 Å². The van der Waals surface area contributed by atoms with Crippen molar-refractivity contribution in [2.45, 2.75) is 29.8 Å². The number of benzene rings is 1. The number of nitrogens with zero attached hydrogens (tertiary/aromatic N) is 4. The molecular formula is C15H19N5O3S. The van der Waals surface area contributed by atoms with Crippen LogP contribution in [0.25, 0.3) is 0 Å². The molecule has 0 saturated carbocycles. The number of hydrogen-bond acceptors (Lipinski definition) is 5. The number of amides is 1. The minimum atomic E-state index is -3.54. The first kappa shape index (κ1) is 15.3. The van der Waals surface area contributed by atoms with E-state index < -0.39 is 10.0 Å². The standard InChI is InChI=1S/C15H17N5O3S.H2/c21-15(14-8-16-18-17-14)19-9-11-6-7-12(10-19)20(11)24(22,23)13-4-2-1-3-5-13;/h1-5,8,11-12H,6-7,9-10H2,(H,16,17,18);1H. The van der Waals surface area contributed by atoms with Crippen molar-refractivity contribution < 1.29 is 14.6 Å². The maximum absolute atomic E-state index is 12.9. The topological polar surface area (TPSA) is 99.3 Å². The van der Waals surface area contributed by atoms with Crippen molar-refractivity contribution in [3.8, 4) is 0 Å². The van der Waals surface area contributed by atoms with Crippen molar-refractivity contribution in [2.24, 2.45) is 0 Å². The third kappa shape index (κ3) is 2.40. The van der Waals surface area contributed by atoms with Gasteiger partial charge in [0.05, 0.1) is 11.1 Å². The Kier molecular flexibility index (Phi) is 3.61. The van der Waals surface area contributed by atoms with Crippen LogP contribution in [0.15, 0.2) is 41.4 Å². The maximum atomic E-state index is 12.9. The van der Waals surface area contributed by atoms with E-state index in [1.165, 1.54) is 6.20 Å². The van der Waals surface area contributed by atoms with E-state index in [1.807, 2.05) is 0 Å². The van der Waals surface area contributed by atoms with Crippen molar-refractivity contribution in [1.29, 1.82) is 0 Å². The van der Waals surface area contributed by atoms with Gasteiger partial charge in [0.1, 0.15) is 0 Å². The van der Waals surface area contributed by atoms with Crippen molar-refractivity contribution >= 4 is 15.9 Å². The summed E-state index contributed by atoms with van der Waals surface area (Å²) in [5, 5.41) is 9.90. The highest BCUT2D eigenvalue weighted by molar-refractivity contribution is 7.89. The van der Waals surface area contributed by atoms with E-state index >= 15 is 0 Å². The number of aromatic nitrogens is 3. The van der Waals surface area contributed by atoms with Crippen LogP contribution in [-0.4, -0.2) is 64.1 Å². The van der Waals surface area contributed by atoms with Gasteiger partial charge < -0.3 is 4.90 Å². The number of rotatable bonds is 3. The zero-order valence-electron chi connectivity index (χ0n) is 12.9. The Morgan fingerprint density at radius 2 is 1.83 bits per heavy atom. The lowest BCUT2D eigenvalue weighted by molar-refractivity contribution is 0.0609. The third-order valence-corrected chi connectivity index (χ3v) is 6.67. The summed E-state index contributed by atoms with van der Waals surface area (Å²) in [4.78, 5) is 14.4. The fraction of sp³-hybridized carbons (Fsp3) is 0.400. The molecule has 2 bridgehead atoms. The predicted octanol–water partition coefficient (Wildman–Crippen LogP) is 0.728. The zero-order chi connectivity index (χ0) is 16.7. The molecule has 2 aliphatic rings. The van der Waals surface area contributed by atoms with Gasteiger partial charge in [-0.15, -0.1) is 0 Å². The number of likely N-dealkylation sites (tertiary alicyclic amines) is 1. The van der Waals surface area contributed by atoms with Crippen molar-refractivity contribution in [2.75, 3.05) is 13.1 Å². The Morgan fingerprint density at radius 3 is 2.42 bits per heavy atom. The highest BCUT2D eigenvalue weighted by Gasteiger charge is 2.47. The van der Waals surface area contributed by atoms with Crippen molar-refractivity contribution in [1.82, 2.24) is 24.6 Å². The molecule has 4 rings (SSSR count). The lowest BCUT2D eigenvalue weighted by atomic mass is 10.2. The van der Waals surface area contributed by atoms with Crippen LogP contribution >= 0.6 is 0 Å². The Hall–Kier alpha value is -2.26. The van der Waals surface area contributed by atoms with Crippen LogP contribution in [0, 0.1) is 0 Å². The van der Waals surface area contributed by atoms with Crippen LogP contribution in [-0.2, 0) is 10.0 Å². The predicted molar refractivity (Wildman–Crippen MR) is 86.7 cm³/mol. The molecule has 2 aliphatic heterocycles. The number of H-pyrrole nitrogens is 1. The number of piperazine rings is 1. The maximum Gasteiger partial charge on any atom is 0.276 e. The van der Waals surface area contributed by atoms with Crippen LogP contribution < -0.4 is 0 Å². The van der Waals surface area contributed by atoms with Crippen LogP contribution in [0.4, 0.5) is 0 Å². The van der Waals surface area contributed by atoms with Gasteiger partial charge in [-0.25, -0.2) is 8.42 Å². The largest absolute Gasteiger partial charge is 0.334 e. The first-order valence-corrected chi connectivity index (χ1v) is 9.25. The molecule has 0 aliphatic carbocycles. The van der Waals surface area contributed by atoms with E-state index in [9.17, 15) is 13.2 Å². The molecule has 1 amide bonds. The molecule has 0 spiro atoms. The minimum Gasteiger partial charge on any atom is -0.334 e. The SMILES string of the molecule is O=C(c1cn[nH]n1)N1CC2CCC(C1)N2S(=O)(=O)c1ccccc1.[HH]. The molecule has 24 heavy (non-hydrogen) atoms. The highest BCUT2D eigenvalue weighted by Crippen LogP contribution is 2.35. The number of nitrogens with one attached hydrogen (secondary N) is 1. The van der Waals surface area contributed by atoms with E-state index in [2.05, 4.69) is 15.4 Å². The summed E-state index contributed by atoms with van der Waals surface area (Å²) in [5.74, 6) is -0.211. The average molecular weight is 349 g/mol. The van der Waals surface area contributed by atoms with E-state index in [-0.39, 0.29) is 25.1 Å². The number of carbonyl (C=O) groups is 1. The van der Waals surface area contributed by atoms with Crippen LogP contribution in [0.3, 0.4) is 0 Å². The molecule has 9 heteroatoms. The van der Waals surface area contributed by atoms with Gasteiger partial charge in [0.2, 0.25) is 10.0 Å². The summed E-state index contributed by atoms with van der Waals surface area (Å²) in [5.41, 5.74) is 0.258. The molecule has 2 saturated heterocycles. The Labute approximate surface area is 141 Å². The van der Waals surface area contributed by atoms with E-state index in [1.54, 1.807) is 39.5 Å². The van der Waals surface area contributed by atoms with Gasteiger partial charge in [-0.3, -0.25) is 4.79 Å². The van der Waals surface area contributed by atoms with Gasteiger partial charge in [-0.05, 0) is 25.0 Å². The molecule has 128 valence electrons. The number of sulfonamides is 1. The van der Waals surface area contributed by atoms with Gasteiger partial charge in [0.25, 0.3) is 5.91 Å². The van der Waals surface area contributed by atoms with Gasteiger partial charge in [0, 0.05) is 26.6 Å². The Morgan fingerprint density at radius 1 is 1.17 bits per heavy atom. The number of aromatic amines is 1. The molecular weight excluding hydrogens is 330 g/mol. The first-order chi connectivity index (χ1) is 11.6. The van der Waals surface area contributed by atoms with Gasteiger partial charge in [0.15, 0.2) is 5.69 Å². The third-order valence-electron chi connectivity index (χ3n) is 4.66. The van der Waals surface area contributed by atoms with Crippen LogP contribution in [0.2, 0.25) is 0 Å². The van der Waals surface area contributed by atoms with E-state index in [0.29, 0.717) is 18.0 Å².